The quantitative estimate of drug-likeness (QED) is 0.0362. The first-order valence-corrected chi connectivity index (χ1v) is 18.8. The molecule has 0 amide bonds. The fourth-order valence-corrected chi connectivity index (χ4v) is 7.20. The minimum absolute atomic E-state index is 0.0383. The normalized spacial score (nSPS) is 11.4. The van der Waals surface area contributed by atoms with Crippen molar-refractivity contribution in [2.24, 2.45) is 0 Å². The van der Waals surface area contributed by atoms with E-state index >= 15 is 35.1 Å². The number of carbonyl (C=O) groups is 1. The average molecular weight is 1050 g/mol. The highest BCUT2D eigenvalue weighted by atomic mass is 79.9. The highest BCUT2D eigenvalue weighted by Crippen LogP contribution is 2.31. The van der Waals surface area contributed by atoms with Gasteiger partial charge in [-0.1, -0.05) is 46.3 Å². The molecule has 7 rings (SSSR count). The molecule has 68 heavy (non-hydrogen) atoms. The lowest BCUT2D eigenvalue weighted by molar-refractivity contribution is -0.683. The summed E-state index contributed by atoms with van der Waals surface area (Å²) in [6, 6.07) is 16.7. The smallest absolute Gasteiger partial charge is 0.285 e. The van der Waals surface area contributed by atoms with Gasteiger partial charge in [-0.2, -0.15) is 4.57 Å². The van der Waals surface area contributed by atoms with E-state index in [1.54, 1.807) is 23.2 Å². The largest absolute Gasteiger partial charge is 0.434 e. The van der Waals surface area contributed by atoms with E-state index < -0.39 is 144 Å². The van der Waals surface area contributed by atoms with Crippen molar-refractivity contribution in [2.45, 2.75) is 6.54 Å². The molecule has 4 nitrogen and oxygen atoms in total. The maximum Gasteiger partial charge on any atom is 0.285 e. The summed E-state index contributed by atoms with van der Waals surface area (Å²) in [5.74, 6) is -70.2. The molecule has 354 valence electrons. The van der Waals surface area contributed by atoms with E-state index in [2.05, 4.69) is 20.9 Å². The van der Waals surface area contributed by atoms with Crippen molar-refractivity contribution < 1.29 is 102 Å². The van der Waals surface area contributed by atoms with Crippen molar-refractivity contribution >= 4 is 49.7 Å². The Morgan fingerprint density at radius 1 is 0.456 bits per heavy atom. The fourth-order valence-electron chi connectivity index (χ4n) is 6.94. The number of benzene rings is 6. The number of ketones is 1. The number of Topliss-reactive ketones (excluding diaryl/α,β-unsaturated/α-hetero) is 1. The number of ether oxygens (including phenoxy) is 1. The molecule has 0 atom stereocenters. The van der Waals surface area contributed by atoms with Gasteiger partial charge in [-0.05, 0) is 24.3 Å². The zero-order chi connectivity index (χ0) is 50.4. The predicted octanol–water partition coefficient (Wildman–Crippen LogP) is 9.65. The molecule has 0 aliphatic heterocycles. The first kappa shape index (κ1) is 50.4. The molecule has 0 unspecified atom stereocenters. The van der Waals surface area contributed by atoms with Crippen molar-refractivity contribution in [1.29, 1.82) is 0 Å². The molecule has 26 heteroatoms. The number of halogens is 21. The summed E-state index contributed by atoms with van der Waals surface area (Å²) in [6.45, 7) is 0.239. The fraction of sp³-hybridized carbons (Fsp3) is 0.0238. The summed E-state index contributed by atoms with van der Waals surface area (Å²) in [4.78, 5) is 16.4. The Balaban J connectivity index is 0.000000276. The molecule has 1 heterocycles. The van der Waals surface area contributed by atoms with Gasteiger partial charge in [0.1, 0.15) is 58.4 Å². The lowest BCUT2D eigenvalue weighted by atomic mass is 9.12. The van der Waals surface area contributed by atoms with Crippen LogP contribution in [0, 0.1) is 116 Å². The third-order valence-corrected chi connectivity index (χ3v) is 10.4. The zero-order valence-electron chi connectivity index (χ0n) is 32.4. The van der Waals surface area contributed by atoms with Crippen LogP contribution in [-0.4, -0.2) is 16.9 Å². The highest BCUT2D eigenvalue weighted by molar-refractivity contribution is 9.10. The molecule has 0 N–H and O–H groups in total. The zero-order valence-corrected chi connectivity index (χ0v) is 33.9. The summed E-state index contributed by atoms with van der Waals surface area (Å²) < 4.78 is 302. The molecule has 0 saturated carbocycles. The van der Waals surface area contributed by atoms with Gasteiger partial charge in [0.25, 0.3) is 5.88 Å². The first-order chi connectivity index (χ1) is 31.9. The molecule has 0 saturated heterocycles. The molecule has 0 aliphatic carbocycles. The first-order valence-electron chi connectivity index (χ1n) is 18.0. The molecule has 0 bridgehead atoms. The maximum atomic E-state index is 15.4. The van der Waals surface area contributed by atoms with Gasteiger partial charge in [-0.15, -0.1) is 21.9 Å². The molecule has 0 radical (unpaired) electrons. The molecule has 7 aromatic rings. The number of rotatable bonds is 9. The van der Waals surface area contributed by atoms with Gasteiger partial charge >= 0.3 is 0 Å². The Hall–Kier alpha value is -6.99. The predicted molar refractivity (Wildman–Crippen MR) is 199 cm³/mol. The third kappa shape index (κ3) is 8.48. The molecule has 0 fully saturated rings. The Bertz CT molecular complexity index is 2780. The Kier molecular flexibility index (Phi) is 14.3. The second kappa shape index (κ2) is 19.3. The van der Waals surface area contributed by atoms with Crippen LogP contribution in [0.15, 0.2) is 77.7 Å². The number of aromatic nitrogens is 2. The standard InChI is InChI=1S/C24BF20.C18H14BrN2O2/c26-5-1(6(27)14(35)21(42)13(5)34)25(2-7(28)15(36)22(43)16(37)8(2)29,3-9(30)17(38)23(44)18(39)10(3)31)4-11(32)19(40)24(45)20(41)12(4)33;19-15-6-8-16(9-7-15)23-18-13-21(11-10-20-18)12-17(22)14-4-2-1-3-5-14/h;1-11,13H,12H2/q-1;+1. The monoisotopic (exact) mass is 1050 g/mol. The molecule has 0 spiro atoms. The molecule has 1 aromatic heterocycles. The SMILES string of the molecule is Fc1c(F)c(F)c([B-](c2c(F)c(F)c(F)c(F)c2F)(c2c(F)c(F)c(F)c(F)c2F)c2c(F)c(F)c(F)c(F)c2F)c(F)c1F.O=C(C[n+]1ccnc(Oc2ccc(Br)cc2)c1)c1ccccc1. The van der Waals surface area contributed by atoms with E-state index in [0.29, 0.717) is 17.2 Å². The van der Waals surface area contributed by atoms with Gasteiger partial charge in [0.05, 0.1) is 6.20 Å². The Morgan fingerprint density at radius 3 is 1.09 bits per heavy atom. The van der Waals surface area contributed by atoms with Crippen LogP contribution in [0.2, 0.25) is 0 Å². The van der Waals surface area contributed by atoms with Gasteiger partial charge in [0.2, 0.25) is 18.5 Å². The van der Waals surface area contributed by atoms with Gasteiger partial charge in [-0.3, -0.25) is 4.79 Å². The maximum absolute atomic E-state index is 15.4. The lowest BCUT2D eigenvalue weighted by Crippen LogP contribution is -2.81. The van der Waals surface area contributed by atoms with Crippen molar-refractivity contribution in [3.8, 4) is 11.6 Å². The summed E-state index contributed by atoms with van der Waals surface area (Å²) >= 11 is 3.38. The van der Waals surface area contributed by atoms with Crippen molar-refractivity contribution in [2.75, 3.05) is 0 Å². The Labute approximate surface area is 373 Å². The second-order valence-corrected chi connectivity index (χ2v) is 14.6. The number of hydrogen-bond acceptors (Lipinski definition) is 3. The van der Waals surface area contributed by atoms with E-state index in [0.717, 1.165) is 4.47 Å². The second-order valence-electron chi connectivity index (χ2n) is 13.7. The summed E-state index contributed by atoms with van der Waals surface area (Å²) in [7, 11) is 0. The van der Waals surface area contributed by atoms with Crippen LogP contribution in [0.5, 0.6) is 11.6 Å². The third-order valence-electron chi connectivity index (χ3n) is 9.90. The van der Waals surface area contributed by atoms with Crippen LogP contribution in [0.4, 0.5) is 87.8 Å². The number of carbonyl (C=O) groups excluding carboxylic acids is 1. The van der Waals surface area contributed by atoms with Crippen LogP contribution in [-0.2, 0) is 6.54 Å². The van der Waals surface area contributed by atoms with Gasteiger partial charge in [0, 0.05) is 10.0 Å². The summed E-state index contributed by atoms with van der Waals surface area (Å²) in [5, 5.41) is 0. The van der Waals surface area contributed by atoms with Crippen molar-refractivity contribution in [3.63, 3.8) is 0 Å². The summed E-state index contributed by atoms with van der Waals surface area (Å²) in [6.07, 6.45) is -2.14. The topological polar surface area (TPSA) is 43.1 Å². The molecule has 6 aromatic carbocycles. The Morgan fingerprint density at radius 2 is 0.765 bits per heavy atom. The van der Waals surface area contributed by atoms with Crippen LogP contribution in [0.1, 0.15) is 10.4 Å². The van der Waals surface area contributed by atoms with Crippen LogP contribution >= 0.6 is 15.9 Å². The minimum Gasteiger partial charge on any atom is -0.434 e. The van der Waals surface area contributed by atoms with E-state index in [4.69, 9.17) is 4.74 Å². The van der Waals surface area contributed by atoms with Gasteiger partial charge < -0.3 is 4.74 Å². The average Bonchev–Trinajstić information content (AvgIpc) is 3.32. The molecular weight excluding hydrogens is 1040 g/mol. The van der Waals surface area contributed by atoms with E-state index in [9.17, 15) is 57.5 Å². The van der Waals surface area contributed by atoms with Gasteiger partial charge in [-0.25, -0.2) is 92.8 Å². The van der Waals surface area contributed by atoms with E-state index in [-0.39, 0.29) is 12.3 Å². The molecule has 0 aliphatic rings. The summed E-state index contributed by atoms with van der Waals surface area (Å²) in [5.41, 5.74) is -13.6. The van der Waals surface area contributed by atoms with Gasteiger partial charge in [0.15, 0.2) is 76.0 Å². The number of hydrogen-bond donors (Lipinski definition) is 0. The van der Waals surface area contributed by atoms with Crippen LogP contribution < -0.4 is 31.2 Å². The van der Waals surface area contributed by atoms with Crippen molar-refractivity contribution in [3.05, 3.63) is 200 Å². The van der Waals surface area contributed by atoms with Crippen LogP contribution in [0.25, 0.3) is 0 Å². The lowest BCUT2D eigenvalue weighted by Gasteiger charge is -2.44. The van der Waals surface area contributed by atoms with Crippen molar-refractivity contribution in [1.82, 2.24) is 4.98 Å². The van der Waals surface area contributed by atoms with E-state index in [1.165, 1.54) is 0 Å². The molecular formula is C42H14BBrF20N2O2. The van der Waals surface area contributed by atoms with E-state index in [1.807, 2.05) is 54.6 Å². The highest BCUT2D eigenvalue weighted by Gasteiger charge is 2.52. The number of nitrogens with zero attached hydrogens (tertiary/aromatic N) is 2. The van der Waals surface area contributed by atoms with Crippen LogP contribution in [0.3, 0.4) is 0 Å². The minimum atomic E-state index is -7.22.